The number of rotatable bonds is 5. The highest BCUT2D eigenvalue weighted by Gasteiger charge is 2.29. The van der Waals surface area contributed by atoms with Crippen LogP contribution in [0.3, 0.4) is 0 Å². The van der Waals surface area contributed by atoms with Crippen LogP contribution < -0.4 is 5.32 Å². The molecule has 6 nitrogen and oxygen atoms in total. The van der Waals surface area contributed by atoms with Gasteiger partial charge in [0.1, 0.15) is 11.5 Å². The first-order valence-corrected chi connectivity index (χ1v) is 11.1. The number of carbonyl (C=O) groups is 1. The van der Waals surface area contributed by atoms with E-state index < -0.39 is 10.0 Å². The zero-order valence-corrected chi connectivity index (χ0v) is 17.8. The molecule has 2 aromatic rings. The van der Waals surface area contributed by atoms with Crippen molar-refractivity contribution in [2.45, 2.75) is 31.6 Å². The van der Waals surface area contributed by atoms with Crippen molar-refractivity contribution in [2.24, 2.45) is 5.92 Å². The first kappa shape index (κ1) is 20.1. The Kier molecular flexibility index (Phi) is 6.08. The zero-order chi connectivity index (χ0) is 19.6. The molecule has 0 saturated carbocycles. The molecule has 1 saturated heterocycles. The summed E-state index contributed by atoms with van der Waals surface area (Å²) in [7, 11) is -3.44. The van der Waals surface area contributed by atoms with Gasteiger partial charge in [-0.05, 0) is 60.7 Å². The van der Waals surface area contributed by atoms with Gasteiger partial charge < -0.3 is 9.73 Å². The maximum absolute atomic E-state index is 12.7. The number of nitrogens with zero attached hydrogens (tertiary/aromatic N) is 1. The Hall–Kier alpha value is -1.64. The van der Waals surface area contributed by atoms with Crippen LogP contribution in [0.15, 0.2) is 44.1 Å². The summed E-state index contributed by atoms with van der Waals surface area (Å²) in [5.74, 6) is 1.34. The van der Waals surface area contributed by atoms with Gasteiger partial charge in [-0.2, -0.15) is 4.31 Å². The molecular formula is C19H23BrN2O4S. The highest BCUT2D eigenvalue weighted by molar-refractivity contribution is 9.10. The molecule has 27 heavy (non-hydrogen) atoms. The third kappa shape index (κ3) is 4.28. The molecule has 1 aromatic heterocycles. The minimum absolute atomic E-state index is 0.171. The van der Waals surface area contributed by atoms with Gasteiger partial charge in [-0.3, -0.25) is 4.79 Å². The van der Waals surface area contributed by atoms with E-state index in [1.165, 1.54) is 4.31 Å². The van der Waals surface area contributed by atoms with E-state index in [1.54, 1.807) is 44.2 Å². The molecule has 1 aliphatic rings. The first-order valence-electron chi connectivity index (χ1n) is 8.89. The number of hydrogen-bond donors (Lipinski definition) is 1. The quantitative estimate of drug-likeness (QED) is 0.749. The standard InChI is InChI=1S/C19H23BrN2O4S/c1-13-17(18(20)14(2)26-13)19(23)21-12-15-8-10-22(11-9-15)27(24,25)16-6-4-3-5-7-16/h3-7,15H,8-12H2,1-2H3,(H,21,23). The Labute approximate surface area is 168 Å². The number of carbonyl (C=O) groups excluding carboxylic acids is 1. The van der Waals surface area contributed by atoms with E-state index in [1.807, 2.05) is 0 Å². The van der Waals surface area contributed by atoms with Gasteiger partial charge in [-0.25, -0.2) is 8.42 Å². The normalized spacial score (nSPS) is 16.4. The van der Waals surface area contributed by atoms with Crippen LogP contribution >= 0.6 is 15.9 Å². The second-order valence-corrected chi connectivity index (χ2v) is 9.50. The number of hydrogen-bond acceptors (Lipinski definition) is 4. The molecule has 0 aliphatic carbocycles. The average Bonchev–Trinajstić information content (AvgIpc) is 2.92. The Morgan fingerprint density at radius 1 is 1.19 bits per heavy atom. The second kappa shape index (κ2) is 8.16. The summed E-state index contributed by atoms with van der Waals surface area (Å²) >= 11 is 3.39. The predicted molar refractivity (Wildman–Crippen MR) is 106 cm³/mol. The molecule has 1 aliphatic heterocycles. The molecule has 0 radical (unpaired) electrons. The maximum atomic E-state index is 12.7. The highest BCUT2D eigenvalue weighted by atomic mass is 79.9. The molecule has 1 N–H and O–H groups in total. The van der Waals surface area contributed by atoms with Crippen molar-refractivity contribution in [1.82, 2.24) is 9.62 Å². The number of aryl methyl sites for hydroxylation is 2. The number of benzene rings is 1. The molecule has 0 spiro atoms. The molecule has 1 fully saturated rings. The number of piperidine rings is 1. The lowest BCUT2D eigenvalue weighted by Crippen LogP contribution is -2.41. The lowest BCUT2D eigenvalue weighted by Gasteiger charge is -2.31. The van der Waals surface area contributed by atoms with E-state index in [4.69, 9.17) is 4.42 Å². The van der Waals surface area contributed by atoms with E-state index in [2.05, 4.69) is 21.2 Å². The van der Waals surface area contributed by atoms with Crippen LogP contribution in [0.1, 0.15) is 34.7 Å². The Bertz CT molecular complexity index is 917. The van der Waals surface area contributed by atoms with Crippen LogP contribution in [0.5, 0.6) is 0 Å². The predicted octanol–water partition coefficient (Wildman–Crippen LogP) is 3.49. The summed E-state index contributed by atoms with van der Waals surface area (Å²) in [6, 6.07) is 8.50. The number of halogens is 1. The molecule has 2 heterocycles. The van der Waals surface area contributed by atoms with Gasteiger partial charge in [-0.15, -0.1) is 0 Å². The van der Waals surface area contributed by atoms with Gasteiger partial charge in [0.25, 0.3) is 5.91 Å². The molecule has 8 heteroatoms. The fourth-order valence-electron chi connectivity index (χ4n) is 3.34. The molecule has 0 unspecified atom stereocenters. The third-order valence-electron chi connectivity index (χ3n) is 4.92. The average molecular weight is 455 g/mol. The van der Waals surface area contributed by atoms with Crippen LogP contribution in [0.25, 0.3) is 0 Å². The van der Waals surface area contributed by atoms with Crippen molar-refractivity contribution in [2.75, 3.05) is 19.6 Å². The van der Waals surface area contributed by atoms with Crippen molar-refractivity contribution in [3.05, 3.63) is 51.9 Å². The zero-order valence-electron chi connectivity index (χ0n) is 15.4. The number of sulfonamides is 1. The van der Waals surface area contributed by atoms with Gasteiger partial charge in [0.05, 0.1) is 14.9 Å². The van der Waals surface area contributed by atoms with Crippen molar-refractivity contribution in [3.8, 4) is 0 Å². The summed E-state index contributed by atoms with van der Waals surface area (Å²) in [5.41, 5.74) is 0.525. The Balaban J connectivity index is 1.55. The number of furan rings is 1. The van der Waals surface area contributed by atoms with Gasteiger partial charge in [0.15, 0.2) is 0 Å². The smallest absolute Gasteiger partial charge is 0.256 e. The second-order valence-electron chi connectivity index (χ2n) is 6.77. The fraction of sp³-hybridized carbons (Fsp3) is 0.421. The number of nitrogens with one attached hydrogen (secondary N) is 1. The lowest BCUT2D eigenvalue weighted by atomic mass is 9.98. The van der Waals surface area contributed by atoms with E-state index in [-0.39, 0.29) is 11.8 Å². The molecule has 0 bridgehead atoms. The van der Waals surface area contributed by atoms with Crippen LogP contribution in [0.2, 0.25) is 0 Å². The van der Waals surface area contributed by atoms with Crippen LogP contribution in [-0.4, -0.2) is 38.3 Å². The van der Waals surface area contributed by atoms with Gasteiger partial charge in [0, 0.05) is 19.6 Å². The lowest BCUT2D eigenvalue weighted by molar-refractivity contribution is 0.0939. The summed E-state index contributed by atoms with van der Waals surface area (Å²) in [6.07, 6.45) is 1.44. The van der Waals surface area contributed by atoms with Gasteiger partial charge in [-0.1, -0.05) is 18.2 Å². The van der Waals surface area contributed by atoms with Crippen LogP contribution in [0, 0.1) is 19.8 Å². The van der Waals surface area contributed by atoms with Crippen molar-refractivity contribution in [1.29, 1.82) is 0 Å². The van der Waals surface area contributed by atoms with Crippen molar-refractivity contribution >= 4 is 31.9 Å². The van der Waals surface area contributed by atoms with Crippen molar-refractivity contribution < 1.29 is 17.6 Å². The van der Waals surface area contributed by atoms with Crippen LogP contribution in [-0.2, 0) is 10.0 Å². The van der Waals surface area contributed by atoms with E-state index in [0.717, 1.165) is 12.8 Å². The topological polar surface area (TPSA) is 79.6 Å². The first-order chi connectivity index (χ1) is 12.8. The monoisotopic (exact) mass is 454 g/mol. The summed E-state index contributed by atoms with van der Waals surface area (Å²) in [4.78, 5) is 12.8. The van der Waals surface area contributed by atoms with E-state index in [0.29, 0.717) is 46.1 Å². The summed E-state index contributed by atoms with van der Waals surface area (Å²) < 4.78 is 33.0. The molecular weight excluding hydrogens is 432 g/mol. The molecule has 146 valence electrons. The molecule has 1 aromatic carbocycles. The highest BCUT2D eigenvalue weighted by Crippen LogP contribution is 2.28. The SMILES string of the molecule is Cc1oc(C)c(C(=O)NCC2CCN(S(=O)(=O)c3ccccc3)CC2)c1Br. The minimum Gasteiger partial charge on any atom is -0.465 e. The van der Waals surface area contributed by atoms with E-state index in [9.17, 15) is 13.2 Å². The fourth-order valence-corrected chi connectivity index (χ4v) is 5.37. The van der Waals surface area contributed by atoms with E-state index >= 15 is 0 Å². The minimum atomic E-state index is -3.44. The Morgan fingerprint density at radius 2 is 1.81 bits per heavy atom. The third-order valence-corrected chi connectivity index (χ3v) is 7.79. The van der Waals surface area contributed by atoms with Gasteiger partial charge >= 0.3 is 0 Å². The molecule has 3 rings (SSSR count). The molecule has 0 atom stereocenters. The van der Waals surface area contributed by atoms with Gasteiger partial charge in [0.2, 0.25) is 10.0 Å². The maximum Gasteiger partial charge on any atom is 0.256 e. The Morgan fingerprint density at radius 3 is 2.37 bits per heavy atom. The summed E-state index contributed by atoms with van der Waals surface area (Å²) in [5, 5.41) is 2.95. The molecule has 1 amide bonds. The van der Waals surface area contributed by atoms with Crippen LogP contribution in [0.4, 0.5) is 0 Å². The number of amides is 1. The largest absolute Gasteiger partial charge is 0.465 e. The van der Waals surface area contributed by atoms with Crippen molar-refractivity contribution in [3.63, 3.8) is 0 Å². The summed E-state index contributed by atoms with van der Waals surface area (Å²) in [6.45, 7) is 5.02.